The van der Waals surface area contributed by atoms with Crippen molar-refractivity contribution < 1.29 is 14.6 Å². The topological polar surface area (TPSA) is 62.7 Å². The summed E-state index contributed by atoms with van der Waals surface area (Å²) in [7, 11) is 0. The molecule has 1 amide bonds. The van der Waals surface area contributed by atoms with Crippen LogP contribution >= 0.6 is 0 Å². The minimum atomic E-state index is -0.530. The standard InChI is InChI=1S/C19H20N2O3/c22-18-11-17(9-8-15-7-4-10-20-12-15)21(13-18)19(23)24-14-16-5-2-1-3-6-16/h1-10,12,17-18,22H,11,13-14H2/t17-,18-/m1/s1. The molecule has 0 aliphatic carbocycles. The third kappa shape index (κ3) is 4.20. The van der Waals surface area contributed by atoms with Gasteiger partial charge < -0.3 is 9.84 Å². The van der Waals surface area contributed by atoms with Crippen molar-refractivity contribution >= 4 is 12.2 Å². The Labute approximate surface area is 141 Å². The number of carbonyl (C=O) groups is 1. The maximum atomic E-state index is 12.3. The zero-order valence-corrected chi connectivity index (χ0v) is 13.3. The first kappa shape index (κ1) is 16.2. The van der Waals surface area contributed by atoms with Crippen molar-refractivity contribution in [2.45, 2.75) is 25.2 Å². The van der Waals surface area contributed by atoms with E-state index in [0.717, 1.165) is 11.1 Å². The molecule has 5 heteroatoms. The summed E-state index contributed by atoms with van der Waals surface area (Å²) in [6.45, 7) is 0.515. The van der Waals surface area contributed by atoms with Crippen molar-refractivity contribution in [3.63, 3.8) is 0 Å². The van der Waals surface area contributed by atoms with Gasteiger partial charge >= 0.3 is 6.09 Å². The lowest BCUT2D eigenvalue weighted by Crippen LogP contribution is -2.35. The Kier molecular flexibility index (Phi) is 5.23. The van der Waals surface area contributed by atoms with Gasteiger partial charge in [0.15, 0.2) is 0 Å². The van der Waals surface area contributed by atoms with Crippen LogP contribution in [0.5, 0.6) is 0 Å². The number of amides is 1. The summed E-state index contributed by atoms with van der Waals surface area (Å²) in [6.07, 6.45) is 6.86. The Morgan fingerprint density at radius 2 is 2.12 bits per heavy atom. The molecule has 2 atom stereocenters. The molecule has 0 unspecified atom stereocenters. The summed E-state index contributed by atoms with van der Waals surface area (Å²) in [4.78, 5) is 18.0. The number of β-amino-alcohol motifs (C(OH)–C–C–N with tert-alkyl or cyclic N) is 1. The number of likely N-dealkylation sites (tertiary alicyclic amines) is 1. The van der Waals surface area contributed by atoms with Gasteiger partial charge in [-0.25, -0.2) is 4.79 Å². The molecule has 24 heavy (non-hydrogen) atoms. The molecule has 0 spiro atoms. The number of ether oxygens (including phenoxy) is 1. The van der Waals surface area contributed by atoms with Crippen molar-refractivity contribution in [3.8, 4) is 0 Å². The monoisotopic (exact) mass is 324 g/mol. The Hall–Kier alpha value is -2.66. The summed E-state index contributed by atoms with van der Waals surface area (Å²) in [5, 5.41) is 9.91. The molecule has 1 N–H and O–H groups in total. The highest BCUT2D eigenvalue weighted by Crippen LogP contribution is 2.21. The normalized spacial score (nSPS) is 20.5. The lowest BCUT2D eigenvalue weighted by molar-refractivity contribution is 0.0920. The molecule has 2 heterocycles. The van der Waals surface area contributed by atoms with Crippen molar-refractivity contribution in [2.24, 2.45) is 0 Å². The molecule has 1 aliphatic rings. The molecule has 1 aromatic heterocycles. The maximum Gasteiger partial charge on any atom is 0.410 e. The van der Waals surface area contributed by atoms with Crippen LogP contribution in [0, 0.1) is 0 Å². The first-order chi connectivity index (χ1) is 11.7. The van der Waals surface area contributed by atoms with Gasteiger partial charge in [-0.1, -0.05) is 48.6 Å². The van der Waals surface area contributed by atoms with E-state index in [2.05, 4.69) is 4.98 Å². The lowest BCUT2D eigenvalue weighted by atomic mass is 10.1. The van der Waals surface area contributed by atoms with E-state index < -0.39 is 12.2 Å². The first-order valence-electron chi connectivity index (χ1n) is 7.96. The van der Waals surface area contributed by atoms with Gasteiger partial charge in [0.05, 0.1) is 18.7 Å². The molecule has 0 bridgehead atoms. The van der Waals surface area contributed by atoms with Crippen LogP contribution in [0.2, 0.25) is 0 Å². The van der Waals surface area contributed by atoms with E-state index in [-0.39, 0.29) is 19.2 Å². The molecule has 2 aromatic rings. The number of hydrogen-bond acceptors (Lipinski definition) is 4. The van der Waals surface area contributed by atoms with Crippen molar-refractivity contribution in [1.82, 2.24) is 9.88 Å². The second kappa shape index (κ2) is 7.75. The Balaban J connectivity index is 1.62. The van der Waals surface area contributed by atoms with Crippen LogP contribution in [0.1, 0.15) is 17.5 Å². The van der Waals surface area contributed by atoms with Crippen LogP contribution in [0.25, 0.3) is 6.08 Å². The SMILES string of the molecule is O=C(OCc1ccccc1)N1C[C@H](O)C[C@H]1C=Cc1cccnc1. The second-order valence-electron chi connectivity index (χ2n) is 5.79. The average molecular weight is 324 g/mol. The summed E-state index contributed by atoms with van der Waals surface area (Å²) >= 11 is 0. The van der Waals surface area contributed by atoms with E-state index in [4.69, 9.17) is 4.74 Å². The van der Waals surface area contributed by atoms with Crippen molar-refractivity contribution in [1.29, 1.82) is 0 Å². The molecule has 1 fully saturated rings. The lowest BCUT2D eigenvalue weighted by Gasteiger charge is -2.21. The van der Waals surface area contributed by atoms with E-state index in [9.17, 15) is 9.90 Å². The quantitative estimate of drug-likeness (QED) is 0.939. The number of rotatable bonds is 4. The smallest absolute Gasteiger partial charge is 0.410 e. The van der Waals surface area contributed by atoms with E-state index >= 15 is 0 Å². The fraction of sp³-hybridized carbons (Fsp3) is 0.263. The zero-order valence-electron chi connectivity index (χ0n) is 13.3. The summed E-state index contributed by atoms with van der Waals surface area (Å²) < 4.78 is 5.37. The van der Waals surface area contributed by atoms with Crippen LogP contribution in [-0.4, -0.2) is 39.8 Å². The summed E-state index contributed by atoms with van der Waals surface area (Å²) in [6, 6.07) is 13.2. The predicted molar refractivity (Wildman–Crippen MR) is 91.0 cm³/mol. The number of carbonyl (C=O) groups excluding carboxylic acids is 1. The predicted octanol–water partition coefficient (Wildman–Crippen LogP) is 2.87. The number of pyridine rings is 1. The van der Waals surface area contributed by atoms with E-state index in [0.29, 0.717) is 6.42 Å². The highest BCUT2D eigenvalue weighted by atomic mass is 16.6. The van der Waals surface area contributed by atoms with Crippen LogP contribution in [0.4, 0.5) is 4.79 Å². The number of aliphatic hydroxyl groups excluding tert-OH is 1. The largest absolute Gasteiger partial charge is 0.445 e. The minimum Gasteiger partial charge on any atom is -0.445 e. The number of hydrogen-bond donors (Lipinski definition) is 1. The number of aliphatic hydroxyl groups is 1. The van der Waals surface area contributed by atoms with E-state index in [1.54, 1.807) is 17.3 Å². The molecule has 0 saturated carbocycles. The van der Waals surface area contributed by atoms with Gasteiger partial charge in [-0.3, -0.25) is 9.88 Å². The average Bonchev–Trinajstić information content (AvgIpc) is 3.00. The van der Waals surface area contributed by atoms with Crippen molar-refractivity contribution in [2.75, 3.05) is 6.54 Å². The maximum absolute atomic E-state index is 12.3. The third-order valence-electron chi connectivity index (χ3n) is 3.96. The van der Waals surface area contributed by atoms with Gasteiger partial charge in [-0.05, 0) is 23.6 Å². The van der Waals surface area contributed by atoms with Gasteiger partial charge in [0, 0.05) is 12.4 Å². The van der Waals surface area contributed by atoms with Gasteiger partial charge in [0.1, 0.15) is 6.61 Å². The van der Waals surface area contributed by atoms with Gasteiger partial charge in [0.25, 0.3) is 0 Å². The van der Waals surface area contributed by atoms with Crippen LogP contribution in [-0.2, 0) is 11.3 Å². The molecular formula is C19H20N2O3. The summed E-state index contributed by atoms with van der Waals surface area (Å²) in [5.74, 6) is 0. The molecular weight excluding hydrogens is 304 g/mol. The molecule has 3 rings (SSSR count). The Bertz CT molecular complexity index is 688. The molecule has 1 saturated heterocycles. The highest BCUT2D eigenvalue weighted by molar-refractivity contribution is 5.69. The number of aromatic nitrogens is 1. The third-order valence-corrected chi connectivity index (χ3v) is 3.96. The highest BCUT2D eigenvalue weighted by Gasteiger charge is 2.33. The van der Waals surface area contributed by atoms with Crippen LogP contribution < -0.4 is 0 Å². The van der Waals surface area contributed by atoms with Gasteiger partial charge in [0.2, 0.25) is 0 Å². The molecule has 0 radical (unpaired) electrons. The zero-order chi connectivity index (χ0) is 16.8. The van der Waals surface area contributed by atoms with Crippen LogP contribution in [0.3, 0.4) is 0 Å². The first-order valence-corrected chi connectivity index (χ1v) is 7.96. The van der Waals surface area contributed by atoms with E-state index in [1.807, 2.05) is 54.6 Å². The van der Waals surface area contributed by atoms with E-state index in [1.165, 1.54) is 0 Å². The summed E-state index contributed by atoms with van der Waals surface area (Å²) in [5.41, 5.74) is 1.89. The van der Waals surface area contributed by atoms with Crippen LogP contribution in [0.15, 0.2) is 60.9 Å². The fourth-order valence-electron chi connectivity index (χ4n) is 2.73. The Morgan fingerprint density at radius 1 is 1.29 bits per heavy atom. The second-order valence-corrected chi connectivity index (χ2v) is 5.79. The minimum absolute atomic E-state index is 0.177. The number of nitrogens with zero attached hydrogens (tertiary/aromatic N) is 2. The fourth-order valence-corrected chi connectivity index (χ4v) is 2.73. The number of benzene rings is 1. The Morgan fingerprint density at radius 3 is 2.88 bits per heavy atom. The molecule has 5 nitrogen and oxygen atoms in total. The molecule has 1 aromatic carbocycles. The van der Waals surface area contributed by atoms with Gasteiger partial charge in [-0.2, -0.15) is 0 Å². The van der Waals surface area contributed by atoms with Crippen molar-refractivity contribution in [3.05, 3.63) is 72.1 Å². The van der Waals surface area contributed by atoms with Gasteiger partial charge in [-0.15, -0.1) is 0 Å². The molecule has 1 aliphatic heterocycles. The molecule has 124 valence electrons.